The molecule has 2 aromatic rings. The van der Waals surface area contributed by atoms with Crippen LogP contribution >= 0.6 is 0 Å². The number of nitrogens with zero attached hydrogens (tertiary/aromatic N) is 1. The molecule has 0 spiro atoms. The topological polar surface area (TPSA) is 64.4 Å². The van der Waals surface area contributed by atoms with Crippen LogP contribution in [0.1, 0.15) is 23.2 Å². The molecule has 0 atom stereocenters. The molecule has 5 nitrogen and oxygen atoms in total. The minimum atomic E-state index is -4.82. The van der Waals surface area contributed by atoms with Gasteiger partial charge < -0.3 is 14.5 Å². The Labute approximate surface area is 117 Å². The molecule has 0 aliphatic rings. The van der Waals surface area contributed by atoms with Gasteiger partial charge in [-0.3, -0.25) is 0 Å². The molecule has 0 saturated heterocycles. The van der Waals surface area contributed by atoms with Crippen LogP contribution in [0.5, 0.6) is 0 Å². The summed E-state index contributed by atoms with van der Waals surface area (Å²) in [5.74, 6) is -2.18. The number of alkyl halides is 3. The number of oxazole rings is 1. The molecule has 1 aromatic carbocycles. The van der Waals surface area contributed by atoms with Gasteiger partial charge in [-0.1, -0.05) is 18.2 Å². The predicted molar refractivity (Wildman–Crippen MR) is 67.2 cm³/mol. The van der Waals surface area contributed by atoms with Gasteiger partial charge in [-0.05, 0) is 19.1 Å². The van der Waals surface area contributed by atoms with Crippen LogP contribution in [0.3, 0.4) is 0 Å². The molecule has 0 radical (unpaired) electrons. The first kappa shape index (κ1) is 14.9. The van der Waals surface area contributed by atoms with Crippen molar-refractivity contribution in [2.75, 3.05) is 11.9 Å². The first-order valence-corrected chi connectivity index (χ1v) is 5.99. The van der Waals surface area contributed by atoms with Gasteiger partial charge in [0.15, 0.2) is 5.69 Å². The van der Waals surface area contributed by atoms with E-state index < -0.39 is 29.6 Å². The van der Waals surface area contributed by atoms with E-state index in [2.05, 4.69) is 15.0 Å². The third-order valence-corrected chi connectivity index (χ3v) is 2.38. The molecular formula is C13H11F3N2O3. The lowest BCUT2D eigenvalue weighted by Crippen LogP contribution is -2.14. The Morgan fingerprint density at radius 2 is 2.00 bits per heavy atom. The zero-order valence-corrected chi connectivity index (χ0v) is 10.9. The number of hydrogen-bond acceptors (Lipinski definition) is 5. The number of halogens is 3. The van der Waals surface area contributed by atoms with E-state index in [0.717, 1.165) is 0 Å². The lowest BCUT2D eigenvalue weighted by atomic mass is 10.3. The quantitative estimate of drug-likeness (QED) is 0.874. The van der Waals surface area contributed by atoms with Crippen LogP contribution < -0.4 is 5.32 Å². The summed E-state index contributed by atoms with van der Waals surface area (Å²) in [6.45, 7) is 1.41. The van der Waals surface area contributed by atoms with Crippen molar-refractivity contribution in [1.29, 1.82) is 0 Å². The summed E-state index contributed by atoms with van der Waals surface area (Å²) in [7, 11) is 0. The molecule has 0 aliphatic carbocycles. The number of esters is 1. The number of benzene rings is 1. The number of aromatic nitrogens is 1. The van der Waals surface area contributed by atoms with Gasteiger partial charge in [-0.15, -0.1) is 0 Å². The monoisotopic (exact) mass is 300 g/mol. The van der Waals surface area contributed by atoms with E-state index in [1.165, 1.54) is 6.92 Å². The van der Waals surface area contributed by atoms with Crippen molar-refractivity contribution in [3.05, 3.63) is 41.8 Å². The maximum Gasteiger partial charge on any atom is 0.437 e. The van der Waals surface area contributed by atoms with Crippen molar-refractivity contribution < 1.29 is 27.1 Å². The van der Waals surface area contributed by atoms with Gasteiger partial charge >= 0.3 is 18.2 Å². The van der Waals surface area contributed by atoms with E-state index in [9.17, 15) is 18.0 Å². The maximum absolute atomic E-state index is 12.8. The van der Waals surface area contributed by atoms with E-state index >= 15 is 0 Å². The lowest BCUT2D eigenvalue weighted by molar-refractivity contribution is -0.141. The van der Waals surface area contributed by atoms with Crippen LogP contribution in [-0.4, -0.2) is 17.6 Å². The molecular weight excluding hydrogens is 289 g/mol. The Bertz CT molecular complexity index is 623. The van der Waals surface area contributed by atoms with Gasteiger partial charge in [0.05, 0.1) is 6.61 Å². The molecule has 112 valence electrons. The van der Waals surface area contributed by atoms with Gasteiger partial charge in [-0.25, -0.2) is 4.79 Å². The summed E-state index contributed by atoms with van der Waals surface area (Å²) in [6, 6.07) is 7.90. The standard InChI is InChI=1S/C13H11F3N2O3/c1-2-20-11(19)9-10(13(14,15)16)18-12(21-9)17-8-6-4-3-5-7-8/h3-7H,2H2,1H3,(H,17,18). The number of para-hydroxylation sites is 1. The van der Waals surface area contributed by atoms with E-state index in [4.69, 9.17) is 4.42 Å². The average Bonchev–Trinajstić information content (AvgIpc) is 2.84. The number of nitrogens with one attached hydrogen (secondary N) is 1. The van der Waals surface area contributed by atoms with E-state index in [1.54, 1.807) is 30.3 Å². The van der Waals surface area contributed by atoms with Crippen LogP contribution in [0.25, 0.3) is 0 Å². The zero-order chi connectivity index (χ0) is 15.5. The normalized spacial score (nSPS) is 11.2. The summed E-state index contributed by atoms with van der Waals surface area (Å²) in [5.41, 5.74) is -0.942. The largest absolute Gasteiger partial charge is 0.460 e. The molecule has 8 heteroatoms. The van der Waals surface area contributed by atoms with Crippen molar-refractivity contribution >= 4 is 17.7 Å². The smallest absolute Gasteiger partial charge is 0.437 e. The fourth-order valence-corrected chi connectivity index (χ4v) is 1.55. The van der Waals surface area contributed by atoms with Gasteiger partial charge in [0, 0.05) is 5.69 Å². The first-order valence-electron chi connectivity index (χ1n) is 5.99. The summed E-state index contributed by atoms with van der Waals surface area (Å²) >= 11 is 0. The van der Waals surface area contributed by atoms with Crippen molar-refractivity contribution in [3.8, 4) is 0 Å². The highest BCUT2D eigenvalue weighted by atomic mass is 19.4. The number of rotatable bonds is 4. The highest BCUT2D eigenvalue weighted by Crippen LogP contribution is 2.34. The lowest BCUT2D eigenvalue weighted by Gasteiger charge is -2.03. The Balaban J connectivity index is 2.34. The van der Waals surface area contributed by atoms with E-state index in [1.807, 2.05) is 0 Å². The summed E-state index contributed by atoms with van der Waals surface area (Å²) < 4.78 is 47.9. The van der Waals surface area contributed by atoms with E-state index in [0.29, 0.717) is 5.69 Å². The summed E-state index contributed by atoms with van der Waals surface area (Å²) in [5, 5.41) is 2.55. The predicted octanol–water partition coefficient (Wildman–Crippen LogP) is 3.61. The van der Waals surface area contributed by atoms with Crippen LogP contribution in [-0.2, 0) is 10.9 Å². The second-order valence-electron chi connectivity index (χ2n) is 3.91. The fourth-order valence-electron chi connectivity index (χ4n) is 1.55. The molecule has 0 bridgehead atoms. The van der Waals surface area contributed by atoms with Crippen LogP contribution in [0.15, 0.2) is 34.7 Å². The molecule has 1 N–H and O–H groups in total. The summed E-state index contributed by atoms with van der Waals surface area (Å²) in [4.78, 5) is 14.8. The maximum atomic E-state index is 12.8. The fraction of sp³-hybridized carbons (Fsp3) is 0.231. The molecule has 0 saturated carbocycles. The van der Waals surface area contributed by atoms with E-state index in [-0.39, 0.29) is 6.61 Å². The van der Waals surface area contributed by atoms with Gasteiger partial charge in [0.2, 0.25) is 5.76 Å². The molecule has 1 heterocycles. The minimum Gasteiger partial charge on any atom is -0.460 e. The number of hydrogen-bond donors (Lipinski definition) is 1. The second kappa shape index (κ2) is 5.86. The molecule has 21 heavy (non-hydrogen) atoms. The summed E-state index contributed by atoms with van der Waals surface area (Å²) in [6.07, 6.45) is -4.82. The van der Waals surface area contributed by atoms with Crippen LogP contribution in [0.4, 0.5) is 24.9 Å². The SMILES string of the molecule is CCOC(=O)c1oc(Nc2ccccc2)nc1C(F)(F)F. The third kappa shape index (κ3) is 3.53. The Kier molecular flexibility index (Phi) is 4.15. The number of carbonyl (C=O) groups is 1. The van der Waals surface area contributed by atoms with Gasteiger partial charge in [0.1, 0.15) is 0 Å². The van der Waals surface area contributed by atoms with Crippen molar-refractivity contribution in [3.63, 3.8) is 0 Å². The highest BCUT2D eigenvalue weighted by molar-refractivity contribution is 5.88. The second-order valence-corrected chi connectivity index (χ2v) is 3.91. The molecule has 1 aromatic heterocycles. The van der Waals surface area contributed by atoms with Gasteiger partial charge in [0.25, 0.3) is 0 Å². The Morgan fingerprint density at radius 3 is 2.57 bits per heavy atom. The van der Waals surface area contributed by atoms with Crippen LogP contribution in [0, 0.1) is 0 Å². The third-order valence-electron chi connectivity index (χ3n) is 2.38. The van der Waals surface area contributed by atoms with Crippen molar-refractivity contribution in [2.45, 2.75) is 13.1 Å². The Morgan fingerprint density at radius 1 is 1.33 bits per heavy atom. The molecule has 0 unspecified atom stereocenters. The number of ether oxygens (including phenoxy) is 1. The Hall–Kier alpha value is -2.51. The molecule has 0 fully saturated rings. The number of anilines is 2. The first-order chi connectivity index (χ1) is 9.91. The molecule has 0 amide bonds. The van der Waals surface area contributed by atoms with Crippen LogP contribution in [0.2, 0.25) is 0 Å². The van der Waals surface area contributed by atoms with Crippen molar-refractivity contribution in [2.24, 2.45) is 0 Å². The number of carbonyl (C=O) groups excluding carboxylic acids is 1. The highest BCUT2D eigenvalue weighted by Gasteiger charge is 2.41. The zero-order valence-electron chi connectivity index (χ0n) is 10.9. The van der Waals surface area contributed by atoms with Gasteiger partial charge in [-0.2, -0.15) is 18.2 Å². The molecule has 2 rings (SSSR count). The molecule has 0 aliphatic heterocycles. The average molecular weight is 300 g/mol. The minimum absolute atomic E-state index is 0.0712. The van der Waals surface area contributed by atoms with Crippen molar-refractivity contribution in [1.82, 2.24) is 4.98 Å².